The van der Waals surface area contributed by atoms with Crippen LogP contribution in [0.3, 0.4) is 0 Å². The second-order valence-electron chi connectivity index (χ2n) is 9.32. The first-order valence-corrected chi connectivity index (χ1v) is 14.5. The maximum absolute atomic E-state index is 14.0. The van der Waals surface area contributed by atoms with E-state index < -0.39 is 33.4 Å². The number of carbonyl (C=O) groups is 2. The fourth-order valence-corrected chi connectivity index (χ4v) is 5.72. The molecule has 3 aromatic carbocycles. The summed E-state index contributed by atoms with van der Waals surface area (Å²) < 4.78 is 28.5. The zero-order valence-corrected chi connectivity index (χ0v) is 23.6. The molecule has 0 radical (unpaired) electrons. The van der Waals surface area contributed by atoms with Crippen LogP contribution in [-0.4, -0.2) is 49.2 Å². The number of sulfonamides is 1. The second-order valence-corrected chi connectivity index (χ2v) is 11.2. The monoisotopic (exact) mass is 566 g/mol. The van der Waals surface area contributed by atoms with Gasteiger partial charge in [0.2, 0.25) is 11.8 Å². The van der Waals surface area contributed by atoms with E-state index in [0.717, 1.165) is 21.9 Å². The van der Waals surface area contributed by atoms with Crippen LogP contribution in [0, 0.1) is 17.0 Å². The zero-order valence-electron chi connectivity index (χ0n) is 22.8. The maximum atomic E-state index is 14.0. The number of aryl methyl sites for hydroxylation is 1. The fourth-order valence-electron chi connectivity index (χ4n) is 4.28. The number of nitro groups is 1. The topological polar surface area (TPSA) is 130 Å². The Balaban J connectivity index is 2.06. The van der Waals surface area contributed by atoms with Crippen LogP contribution in [0.1, 0.15) is 37.8 Å². The minimum Gasteiger partial charge on any atom is -0.354 e. The van der Waals surface area contributed by atoms with Gasteiger partial charge < -0.3 is 10.2 Å². The number of benzene rings is 3. The predicted molar refractivity (Wildman–Crippen MR) is 153 cm³/mol. The quantitative estimate of drug-likeness (QED) is 0.241. The van der Waals surface area contributed by atoms with E-state index in [9.17, 15) is 28.1 Å². The first-order chi connectivity index (χ1) is 19.1. The molecule has 0 heterocycles. The Morgan fingerprint density at radius 1 is 0.975 bits per heavy atom. The third-order valence-electron chi connectivity index (χ3n) is 6.33. The van der Waals surface area contributed by atoms with E-state index in [4.69, 9.17) is 0 Å². The number of amides is 2. The molecule has 0 aliphatic heterocycles. The number of nitrogens with zero attached hydrogens (tertiary/aromatic N) is 3. The summed E-state index contributed by atoms with van der Waals surface area (Å²) in [5.74, 6) is -0.906. The second kappa shape index (κ2) is 13.7. The third-order valence-corrected chi connectivity index (χ3v) is 8.12. The van der Waals surface area contributed by atoms with Gasteiger partial charge in [0, 0.05) is 25.2 Å². The molecule has 11 heteroatoms. The van der Waals surface area contributed by atoms with Gasteiger partial charge in [-0.2, -0.15) is 0 Å². The summed E-state index contributed by atoms with van der Waals surface area (Å²) in [6, 6.07) is 19.3. The first-order valence-electron chi connectivity index (χ1n) is 13.0. The molecule has 0 saturated carbocycles. The molecular formula is C29H34N4O6S. The van der Waals surface area contributed by atoms with Gasteiger partial charge in [0.05, 0.1) is 15.5 Å². The summed E-state index contributed by atoms with van der Waals surface area (Å²) in [6.07, 6.45) is 1.04. The largest absolute Gasteiger partial charge is 0.354 e. The molecule has 0 fully saturated rings. The van der Waals surface area contributed by atoms with Crippen LogP contribution in [0.2, 0.25) is 0 Å². The van der Waals surface area contributed by atoms with Crippen molar-refractivity contribution in [2.45, 2.75) is 51.1 Å². The highest BCUT2D eigenvalue weighted by molar-refractivity contribution is 7.92. The Morgan fingerprint density at radius 2 is 1.65 bits per heavy atom. The molecule has 0 spiro atoms. The van der Waals surface area contributed by atoms with Crippen LogP contribution in [0.25, 0.3) is 0 Å². The number of carbonyl (C=O) groups excluding carboxylic acids is 2. The standard InChI is InChI=1S/C29H34N4O6S/c1-4-18-30-29(35)27(5-2)31(20-23-11-9-10-22(3)19-23)28(34)21-32(24-14-16-25(17-15-24)33(36)37)40(38,39)26-12-7-6-8-13-26/h6-17,19,27H,4-5,18,20-21H2,1-3H3,(H,30,35)/t27-/m1/s1. The number of anilines is 1. The number of nitro benzene ring substituents is 1. The molecule has 3 aromatic rings. The van der Waals surface area contributed by atoms with Gasteiger partial charge in [-0.1, -0.05) is 61.9 Å². The van der Waals surface area contributed by atoms with Crippen molar-refractivity contribution in [1.82, 2.24) is 10.2 Å². The van der Waals surface area contributed by atoms with E-state index in [2.05, 4.69) is 5.32 Å². The number of hydrogen-bond donors (Lipinski definition) is 1. The molecular weight excluding hydrogens is 532 g/mol. The van der Waals surface area contributed by atoms with Crippen molar-refractivity contribution in [3.8, 4) is 0 Å². The van der Waals surface area contributed by atoms with Crippen LogP contribution in [0.4, 0.5) is 11.4 Å². The zero-order chi connectivity index (χ0) is 29.3. The van der Waals surface area contributed by atoms with Crippen molar-refractivity contribution in [1.29, 1.82) is 0 Å². The van der Waals surface area contributed by atoms with Gasteiger partial charge in [0.15, 0.2) is 0 Å². The average Bonchev–Trinajstić information content (AvgIpc) is 2.95. The molecule has 212 valence electrons. The van der Waals surface area contributed by atoms with Crippen molar-refractivity contribution in [2.24, 2.45) is 0 Å². The van der Waals surface area contributed by atoms with Gasteiger partial charge in [-0.05, 0) is 49.6 Å². The molecule has 1 N–H and O–H groups in total. The first kappa shape index (κ1) is 30.3. The van der Waals surface area contributed by atoms with Crippen molar-refractivity contribution < 1.29 is 22.9 Å². The minimum absolute atomic E-state index is 0.0425. The van der Waals surface area contributed by atoms with Gasteiger partial charge in [0.25, 0.3) is 15.7 Å². The molecule has 40 heavy (non-hydrogen) atoms. The molecule has 0 aliphatic carbocycles. The van der Waals surface area contributed by atoms with Crippen molar-refractivity contribution >= 4 is 33.2 Å². The number of rotatable bonds is 13. The van der Waals surface area contributed by atoms with E-state index >= 15 is 0 Å². The number of non-ortho nitro benzene ring substituents is 1. The summed E-state index contributed by atoms with van der Waals surface area (Å²) in [4.78, 5) is 39.0. The lowest BCUT2D eigenvalue weighted by atomic mass is 10.1. The summed E-state index contributed by atoms with van der Waals surface area (Å²) in [5.41, 5.74) is 1.64. The molecule has 0 bridgehead atoms. The van der Waals surface area contributed by atoms with Gasteiger partial charge in [0.1, 0.15) is 12.6 Å². The molecule has 2 amide bonds. The Morgan fingerprint density at radius 3 is 2.23 bits per heavy atom. The Bertz CT molecular complexity index is 1430. The highest BCUT2D eigenvalue weighted by Gasteiger charge is 2.33. The lowest BCUT2D eigenvalue weighted by Crippen LogP contribution is -2.52. The smallest absolute Gasteiger partial charge is 0.269 e. The van der Waals surface area contributed by atoms with Crippen molar-refractivity contribution in [2.75, 3.05) is 17.4 Å². The van der Waals surface area contributed by atoms with E-state index in [1.54, 1.807) is 25.1 Å². The lowest BCUT2D eigenvalue weighted by Gasteiger charge is -2.33. The number of nitrogens with one attached hydrogen (secondary N) is 1. The maximum Gasteiger partial charge on any atom is 0.269 e. The van der Waals surface area contributed by atoms with E-state index in [0.29, 0.717) is 13.0 Å². The highest BCUT2D eigenvalue weighted by atomic mass is 32.2. The Hall–Kier alpha value is -4.25. The Labute approximate surface area is 234 Å². The van der Waals surface area contributed by atoms with Crippen LogP contribution in [-0.2, 0) is 26.2 Å². The minimum atomic E-state index is -4.25. The summed E-state index contributed by atoms with van der Waals surface area (Å²) >= 11 is 0. The predicted octanol–water partition coefficient (Wildman–Crippen LogP) is 4.43. The molecule has 10 nitrogen and oxygen atoms in total. The van der Waals surface area contributed by atoms with Gasteiger partial charge >= 0.3 is 0 Å². The van der Waals surface area contributed by atoms with Crippen LogP contribution >= 0.6 is 0 Å². The molecule has 0 aromatic heterocycles. The number of hydrogen-bond acceptors (Lipinski definition) is 6. The molecule has 3 rings (SSSR count). The third kappa shape index (κ3) is 7.44. The molecule has 0 saturated heterocycles. The molecule has 0 aliphatic rings. The van der Waals surface area contributed by atoms with Crippen molar-refractivity contribution in [3.05, 3.63) is 100 Å². The highest BCUT2D eigenvalue weighted by Crippen LogP contribution is 2.26. The van der Waals surface area contributed by atoms with Gasteiger partial charge in [-0.15, -0.1) is 0 Å². The fraction of sp³-hybridized carbons (Fsp3) is 0.310. The summed E-state index contributed by atoms with van der Waals surface area (Å²) in [7, 11) is -4.25. The average molecular weight is 567 g/mol. The van der Waals surface area contributed by atoms with Crippen LogP contribution in [0.15, 0.2) is 83.8 Å². The summed E-state index contributed by atoms with van der Waals surface area (Å²) in [5, 5.41) is 14.0. The van der Waals surface area contributed by atoms with Gasteiger partial charge in [-0.3, -0.25) is 24.0 Å². The van der Waals surface area contributed by atoms with Gasteiger partial charge in [-0.25, -0.2) is 8.42 Å². The summed E-state index contributed by atoms with van der Waals surface area (Å²) in [6.45, 7) is 5.56. The molecule has 1 atom stereocenters. The normalized spacial score (nSPS) is 11.9. The van der Waals surface area contributed by atoms with Crippen molar-refractivity contribution in [3.63, 3.8) is 0 Å². The van der Waals surface area contributed by atoms with E-state index in [1.807, 2.05) is 38.1 Å². The van der Waals surface area contributed by atoms with Crippen LogP contribution < -0.4 is 9.62 Å². The lowest BCUT2D eigenvalue weighted by molar-refractivity contribution is -0.384. The van der Waals surface area contributed by atoms with Crippen LogP contribution in [0.5, 0.6) is 0 Å². The van der Waals surface area contributed by atoms with E-state index in [1.165, 1.54) is 41.3 Å². The molecule has 0 unspecified atom stereocenters. The van der Waals surface area contributed by atoms with E-state index in [-0.39, 0.29) is 28.7 Å². The SMILES string of the molecule is CCCNC(=O)[C@@H](CC)N(Cc1cccc(C)c1)C(=O)CN(c1ccc([N+](=O)[O-])cc1)S(=O)(=O)c1ccccc1. The Kier molecular flexibility index (Phi) is 10.4.